The van der Waals surface area contributed by atoms with Gasteiger partial charge >= 0.3 is 5.97 Å². The van der Waals surface area contributed by atoms with Gasteiger partial charge in [0, 0.05) is 21.9 Å². The Hall–Kier alpha value is -4.58. The third kappa shape index (κ3) is 6.32. The number of ether oxygens (including phenoxy) is 1. The quantitative estimate of drug-likeness (QED) is 0.0960. The van der Waals surface area contributed by atoms with Gasteiger partial charge in [0.25, 0.3) is 5.56 Å². The molecule has 0 aliphatic heterocycles. The van der Waals surface area contributed by atoms with Gasteiger partial charge in [0.15, 0.2) is 5.16 Å². The first-order chi connectivity index (χ1) is 21.8. The number of amides is 1. The molecule has 0 saturated heterocycles. The third-order valence-electron chi connectivity index (χ3n) is 6.97. The summed E-state index contributed by atoms with van der Waals surface area (Å²) in [6, 6.07) is 23.0. The Morgan fingerprint density at radius 3 is 2.31 bits per heavy atom. The van der Waals surface area contributed by atoms with E-state index in [2.05, 4.69) is 5.32 Å². The number of carbonyl (C=O) groups excluding carboxylic acids is 2. The molecule has 3 heterocycles. The number of rotatable bonds is 9. The molecule has 0 aliphatic rings. The first-order valence-electron chi connectivity index (χ1n) is 14.0. The molecule has 0 saturated carbocycles. The number of nitrogens with one attached hydrogen (secondary N) is 1. The van der Waals surface area contributed by atoms with Crippen LogP contribution in [-0.2, 0) is 9.53 Å². The summed E-state index contributed by atoms with van der Waals surface area (Å²) in [4.78, 5) is 45.7. The van der Waals surface area contributed by atoms with Crippen LogP contribution < -0.4 is 10.9 Å². The number of aryl methyl sites for hydroxylation is 1. The number of benzene rings is 3. The van der Waals surface area contributed by atoms with Crippen LogP contribution >= 0.6 is 34.4 Å². The molecule has 0 unspecified atom stereocenters. The number of halogens is 1. The van der Waals surface area contributed by atoms with Crippen molar-refractivity contribution in [3.05, 3.63) is 117 Å². The standard InChI is InChI=1S/C34H26FN3O4S3/c1-3-42-33(41)29-26(22-13-15-23(35)16-14-22)18-44-31(29)36-27(39)19-45-34-37-30-28(32(40)38(34)24-7-5-4-6-8-24)25(17-43-30)21-11-9-20(2)10-12-21/h4-18H,3,19H2,1-2H3,(H,36,39). The summed E-state index contributed by atoms with van der Waals surface area (Å²) in [5, 5.41) is 7.71. The monoisotopic (exact) mass is 655 g/mol. The minimum atomic E-state index is -0.590. The van der Waals surface area contributed by atoms with Crippen LogP contribution in [0, 0.1) is 12.7 Å². The lowest BCUT2D eigenvalue weighted by atomic mass is 10.0. The molecule has 6 rings (SSSR count). The highest BCUT2D eigenvalue weighted by Gasteiger charge is 2.24. The normalized spacial score (nSPS) is 11.1. The predicted octanol–water partition coefficient (Wildman–Crippen LogP) is 8.20. The topological polar surface area (TPSA) is 90.3 Å². The fourth-order valence-electron chi connectivity index (χ4n) is 4.81. The van der Waals surface area contributed by atoms with Crippen LogP contribution in [0.4, 0.5) is 9.39 Å². The number of esters is 1. The van der Waals surface area contributed by atoms with Crippen molar-refractivity contribution in [2.75, 3.05) is 17.7 Å². The Kier molecular flexibility index (Phi) is 8.92. The van der Waals surface area contributed by atoms with Crippen molar-refractivity contribution < 1.29 is 18.7 Å². The second-order valence-corrected chi connectivity index (χ2v) is 12.7. The summed E-state index contributed by atoms with van der Waals surface area (Å²) >= 11 is 3.69. The van der Waals surface area contributed by atoms with Crippen molar-refractivity contribution in [1.29, 1.82) is 0 Å². The number of anilines is 1. The van der Waals surface area contributed by atoms with Gasteiger partial charge in [-0.3, -0.25) is 14.2 Å². The molecule has 6 aromatic rings. The van der Waals surface area contributed by atoms with Crippen molar-refractivity contribution in [3.63, 3.8) is 0 Å². The number of carbonyl (C=O) groups is 2. The molecule has 0 atom stereocenters. The number of thiophene rings is 2. The van der Waals surface area contributed by atoms with E-state index in [1.54, 1.807) is 24.4 Å². The fourth-order valence-corrected chi connectivity index (χ4v) is 7.58. The molecule has 0 spiro atoms. The van der Waals surface area contributed by atoms with Crippen LogP contribution in [0.25, 0.3) is 38.2 Å². The maximum absolute atomic E-state index is 14.1. The number of para-hydroxylation sites is 1. The van der Waals surface area contributed by atoms with Gasteiger partial charge in [-0.25, -0.2) is 14.2 Å². The van der Waals surface area contributed by atoms with E-state index in [0.717, 1.165) is 28.5 Å². The van der Waals surface area contributed by atoms with Crippen molar-refractivity contribution in [1.82, 2.24) is 9.55 Å². The Bertz CT molecular complexity index is 2070. The average Bonchev–Trinajstić information content (AvgIpc) is 3.66. The Balaban J connectivity index is 1.32. The van der Waals surface area contributed by atoms with E-state index in [9.17, 15) is 18.8 Å². The Morgan fingerprint density at radius 1 is 0.933 bits per heavy atom. The highest BCUT2D eigenvalue weighted by molar-refractivity contribution is 7.99. The summed E-state index contributed by atoms with van der Waals surface area (Å²) < 4.78 is 20.4. The summed E-state index contributed by atoms with van der Waals surface area (Å²) in [6.45, 7) is 3.87. The van der Waals surface area contributed by atoms with Crippen LogP contribution in [0.1, 0.15) is 22.8 Å². The molecule has 3 aromatic heterocycles. The molecule has 1 N–H and O–H groups in total. The molecule has 11 heteroatoms. The molecule has 0 bridgehead atoms. The zero-order valence-electron chi connectivity index (χ0n) is 24.2. The van der Waals surface area contributed by atoms with Crippen LogP contribution in [0.15, 0.2) is 99.6 Å². The molecule has 45 heavy (non-hydrogen) atoms. The van der Waals surface area contributed by atoms with Gasteiger partial charge in [-0.05, 0) is 49.2 Å². The van der Waals surface area contributed by atoms with E-state index in [0.29, 0.717) is 37.2 Å². The molecule has 0 aliphatic carbocycles. The Morgan fingerprint density at radius 2 is 1.60 bits per heavy atom. The first kappa shape index (κ1) is 30.4. The van der Waals surface area contributed by atoms with Crippen LogP contribution in [0.2, 0.25) is 0 Å². The van der Waals surface area contributed by atoms with E-state index in [1.165, 1.54) is 39.4 Å². The molecule has 1 amide bonds. The number of hydrogen-bond donors (Lipinski definition) is 1. The zero-order chi connectivity index (χ0) is 31.5. The number of thioether (sulfide) groups is 1. The van der Waals surface area contributed by atoms with Crippen molar-refractivity contribution >= 4 is 61.5 Å². The largest absolute Gasteiger partial charge is 0.462 e. The third-order valence-corrected chi connectivity index (χ3v) is 9.67. The summed E-state index contributed by atoms with van der Waals surface area (Å²) in [5.74, 6) is -1.45. The second kappa shape index (κ2) is 13.2. The highest BCUT2D eigenvalue weighted by Crippen LogP contribution is 2.37. The van der Waals surface area contributed by atoms with Gasteiger partial charge in [-0.15, -0.1) is 22.7 Å². The van der Waals surface area contributed by atoms with Crippen LogP contribution in [0.3, 0.4) is 0 Å². The average molecular weight is 656 g/mol. The number of hydrogen-bond acceptors (Lipinski definition) is 8. The number of aromatic nitrogens is 2. The lowest BCUT2D eigenvalue weighted by Crippen LogP contribution is -2.23. The molecule has 3 aromatic carbocycles. The number of fused-ring (bicyclic) bond motifs is 1. The summed E-state index contributed by atoms with van der Waals surface area (Å²) in [7, 11) is 0. The summed E-state index contributed by atoms with van der Waals surface area (Å²) in [5.41, 5.74) is 4.63. The van der Waals surface area contributed by atoms with Gasteiger partial charge in [0.05, 0.1) is 23.4 Å². The minimum Gasteiger partial charge on any atom is -0.462 e. The van der Waals surface area contributed by atoms with Gasteiger partial charge in [-0.1, -0.05) is 71.9 Å². The van der Waals surface area contributed by atoms with E-state index in [4.69, 9.17) is 9.72 Å². The fraction of sp³-hybridized carbons (Fsp3) is 0.118. The van der Waals surface area contributed by atoms with Crippen LogP contribution in [0.5, 0.6) is 0 Å². The van der Waals surface area contributed by atoms with E-state index < -0.39 is 17.7 Å². The molecular weight excluding hydrogens is 630 g/mol. The minimum absolute atomic E-state index is 0.0764. The Labute approximate surface area is 270 Å². The van der Waals surface area contributed by atoms with Gasteiger partial charge in [0.1, 0.15) is 21.2 Å². The van der Waals surface area contributed by atoms with Gasteiger partial charge in [0.2, 0.25) is 5.91 Å². The zero-order valence-corrected chi connectivity index (χ0v) is 26.7. The second-order valence-electron chi connectivity index (χ2n) is 9.98. The van der Waals surface area contributed by atoms with Crippen molar-refractivity contribution in [3.8, 4) is 27.9 Å². The summed E-state index contributed by atoms with van der Waals surface area (Å²) in [6.07, 6.45) is 0. The lowest BCUT2D eigenvalue weighted by molar-refractivity contribution is -0.113. The van der Waals surface area contributed by atoms with Gasteiger partial charge < -0.3 is 10.1 Å². The molecular formula is C34H26FN3O4S3. The first-order valence-corrected chi connectivity index (χ1v) is 16.7. The maximum Gasteiger partial charge on any atom is 0.341 e. The van der Waals surface area contributed by atoms with Crippen LogP contribution in [-0.4, -0.2) is 33.8 Å². The van der Waals surface area contributed by atoms with Crippen molar-refractivity contribution in [2.24, 2.45) is 0 Å². The molecule has 0 fully saturated rings. The molecule has 0 radical (unpaired) electrons. The predicted molar refractivity (Wildman–Crippen MR) is 180 cm³/mol. The number of nitrogens with zero attached hydrogens (tertiary/aromatic N) is 2. The van der Waals surface area contributed by atoms with Gasteiger partial charge in [-0.2, -0.15) is 0 Å². The van der Waals surface area contributed by atoms with E-state index >= 15 is 0 Å². The SMILES string of the molecule is CCOC(=O)c1c(-c2ccc(F)cc2)csc1NC(=O)CSc1nc2scc(-c3ccc(C)cc3)c2c(=O)n1-c1ccccc1. The van der Waals surface area contributed by atoms with E-state index in [-0.39, 0.29) is 23.5 Å². The maximum atomic E-state index is 14.1. The smallest absolute Gasteiger partial charge is 0.341 e. The molecule has 226 valence electrons. The highest BCUT2D eigenvalue weighted by atomic mass is 32.2. The van der Waals surface area contributed by atoms with E-state index in [1.807, 2.05) is 66.9 Å². The van der Waals surface area contributed by atoms with Crippen molar-refractivity contribution in [2.45, 2.75) is 19.0 Å². The molecule has 7 nitrogen and oxygen atoms in total. The lowest BCUT2D eigenvalue weighted by Gasteiger charge is -2.13.